The van der Waals surface area contributed by atoms with Crippen molar-refractivity contribution >= 4 is 5.91 Å². The third kappa shape index (κ3) is 3.58. The van der Waals surface area contributed by atoms with Gasteiger partial charge in [0.1, 0.15) is 0 Å². The first-order chi connectivity index (χ1) is 11.2. The first-order valence-corrected chi connectivity index (χ1v) is 8.40. The SMILES string of the molecule is CCCC(O)(c1ccc(C(=O)N2CCCCC2)c(C)c1)C(F)(F)F. The Bertz CT molecular complexity index is 594. The average Bonchev–Trinajstić information content (AvgIpc) is 2.54. The van der Waals surface area contributed by atoms with Gasteiger partial charge in [-0.3, -0.25) is 4.79 Å². The molecule has 1 aliphatic heterocycles. The number of nitrogens with zero attached hydrogens (tertiary/aromatic N) is 1. The minimum absolute atomic E-state index is 0.148. The largest absolute Gasteiger partial charge is 0.421 e. The van der Waals surface area contributed by atoms with Crippen LogP contribution in [-0.4, -0.2) is 35.2 Å². The summed E-state index contributed by atoms with van der Waals surface area (Å²) in [4.78, 5) is 14.3. The maximum absolute atomic E-state index is 13.3. The number of alkyl halides is 3. The molecule has 0 radical (unpaired) electrons. The Kier molecular flexibility index (Phi) is 5.58. The van der Waals surface area contributed by atoms with E-state index in [4.69, 9.17) is 0 Å². The Morgan fingerprint density at radius 2 is 1.83 bits per heavy atom. The number of piperidine rings is 1. The molecule has 134 valence electrons. The van der Waals surface area contributed by atoms with Crippen LogP contribution in [0.15, 0.2) is 18.2 Å². The van der Waals surface area contributed by atoms with Crippen LogP contribution >= 0.6 is 0 Å². The van der Waals surface area contributed by atoms with Crippen LogP contribution < -0.4 is 0 Å². The normalized spacial score (nSPS) is 18.3. The second-order valence-corrected chi connectivity index (χ2v) is 6.49. The molecule has 6 heteroatoms. The number of aliphatic hydroxyl groups is 1. The van der Waals surface area contributed by atoms with Crippen molar-refractivity contribution in [3.63, 3.8) is 0 Å². The Morgan fingerprint density at radius 1 is 1.21 bits per heavy atom. The van der Waals surface area contributed by atoms with Gasteiger partial charge in [-0.05, 0) is 49.8 Å². The summed E-state index contributed by atoms with van der Waals surface area (Å²) in [7, 11) is 0. The first-order valence-electron chi connectivity index (χ1n) is 8.40. The molecule has 1 aromatic carbocycles. The van der Waals surface area contributed by atoms with Gasteiger partial charge in [0.05, 0.1) is 0 Å². The average molecular weight is 343 g/mol. The van der Waals surface area contributed by atoms with Crippen LogP contribution in [0, 0.1) is 6.92 Å². The molecule has 2 rings (SSSR count). The van der Waals surface area contributed by atoms with Gasteiger partial charge in [-0.2, -0.15) is 13.2 Å². The van der Waals surface area contributed by atoms with Crippen LogP contribution in [0.25, 0.3) is 0 Å². The summed E-state index contributed by atoms with van der Waals surface area (Å²) in [5.74, 6) is -0.148. The number of benzene rings is 1. The summed E-state index contributed by atoms with van der Waals surface area (Å²) < 4.78 is 40.0. The van der Waals surface area contributed by atoms with Crippen molar-refractivity contribution in [1.29, 1.82) is 0 Å². The van der Waals surface area contributed by atoms with Crippen LogP contribution in [0.5, 0.6) is 0 Å². The van der Waals surface area contributed by atoms with Crippen LogP contribution in [0.2, 0.25) is 0 Å². The predicted octanol–water partition coefficient (Wildman–Crippen LogP) is 4.17. The van der Waals surface area contributed by atoms with Crippen molar-refractivity contribution in [2.45, 2.75) is 57.7 Å². The molecule has 1 atom stereocenters. The molecule has 0 spiro atoms. The standard InChI is InChI=1S/C18H24F3NO2/c1-3-9-17(24,18(19,20)21)14-7-8-15(13(2)12-14)16(23)22-10-5-4-6-11-22/h7-8,12,24H,3-6,9-11H2,1-2H3. The number of likely N-dealkylation sites (tertiary alicyclic amines) is 1. The van der Waals surface area contributed by atoms with Gasteiger partial charge < -0.3 is 10.0 Å². The smallest absolute Gasteiger partial charge is 0.376 e. The zero-order valence-electron chi connectivity index (χ0n) is 14.1. The Hall–Kier alpha value is -1.56. The Labute approximate surface area is 140 Å². The lowest BCUT2D eigenvalue weighted by Gasteiger charge is -2.32. The molecular weight excluding hydrogens is 319 g/mol. The third-order valence-electron chi connectivity index (χ3n) is 4.66. The van der Waals surface area contributed by atoms with Gasteiger partial charge in [-0.1, -0.05) is 25.5 Å². The van der Waals surface area contributed by atoms with Gasteiger partial charge in [0.2, 0.25) is 0 Å². The van der Waals surface area contributed by atoms with Gasteiger partial charge in [0.15, 0.2) is 5.60 Å². The molecule has 0 aliphatic carbocycles. The van der Waals surface area contributed by atoms with E-state index < -0.39 is 18.2 Å². The van der Waals surface area contributed by atoms with Crippen molar-refractivity contribution in [2.75, 3.05) is 13.1 Å². The number of rotatable bonds is 4. The van der Waals surface area contributed by atoms with Crippen LogP contribution in [0.4, 0.5) is 13.2 Å². The molecule has 1 saturated heterocycles. The molecule has 1 aliphatic rings. The summed E-state index contributed by atoms with van der Waals surface area (Å²) in [5, 5.41) is 10.2. The molecule has 0 saturated carbocycles. The van der Waals surface area contributed by atoms with E-state index in [-0.39, 0.29) is 17.9 Å². The lowest BCUT2D eigenvalue weighted by molar-refractivity contribution is -0.269. The van der Waals surface area contributed by atoms with Crippen molar-refractivity contribution in [1.82, 2.24) is 4.90 Å². The lowest BCUT2D eigenvalue weighted by Crippen LogP contribution is -2.42. The van der Waals surface area contributed by atoms with Crippen molar-refractivity contribution in [3.8, 4) is 0 Å². The summed E-state index contributed by atoms with van der Waals surface area (Å²) in [6, 6.07) is 3.93. The lowest BCUT2D eigenvalue weighted by atomic mass is 9.86. The maximum Gasteiger partial charge on any atom is 0.421 e. The molecule has 1 heterocycles. The summed E-state index contributed by atoms with van der Waals surface area (Å²) >= 11 is 0. The molecule has 0 bridgehead atoms. The fraction of sp³-hybridized carbons (Fsp3) is 0.611. The molecule has 1 fully saturated rings. The van der Waals surface area contributed by atoms with E-state index in [1.54, 1.807) is 18.7 Å². The van der Waals surface area contributed by atoms with Crippen molar-refractivity contribution in [3.05, 3.63) is 34.9 Å². The van der Waals surface area contributed by atoms with E-state index in [1.165, 1.54) is 18.2 Å². The van der Waals surface area contributed by atoms with E-state index >= 15 is 0 Å². The van der Waals surface area contributed by atoms with Gasteiger partial charge in [-0.25, -0.2) is 0 Å². The molecule has 1 N–H and O–H groups in total. The summed E-state index contributed by atoms with van der Waals surface area (Å²) in [6.07, 6.45) is -1.97. The number of hydrogen-bond donors (Lipinski definition) is 1. The fourth-order valence-corrected chi connectivity index (χ4v) is 3.24. The predicted molar refractivity (Wildman–Crippen MR) is 85.8 cm³/mol. The second-order valence-electron chi connectivity index (χ2n) is 6.49. The minimum Gasteiger partial charge on any atom is -0.376 e. The molecule has 3 nitrogen and oxygen atoms in total. The van der Waals surface area contributed by atoms with Gasteiger partial charge in [0.25, 0.3) is 5.91 Å². The van der Waals surface area contributed by atoms with Crippen LogP contribution in [0.1, 0.15) is 60.5 Å². The highest BCUT2D eigenvalue weighted by atomic mass is 19.4. The maximum atomic E-state index is 13.3. The minimum atomic E-state index is -4.76. The summed E-state index contributed by atoms with van der Waals surface area (Å²) in [5.41, 5.74) is -2.22. The summed E-state index contributed by atoms with van der Waals surface area (Å²) in [6.45, 7) is 4.58. The van der Waals surface area contributed by atoms with Gasteiger partial charge >= 0.3 is 6.18 Å². The zero-order chi connectivity index (χ0) is 18.0. The van der Waals surface area contributed by atoms with E-state index in [0.717, 1.165) is 19.3 Å². The molecule has 0 aromatic heterocycles. The van der Waals surface area contributed by atoms with Crippen LogP contribution in [0.3, 0.4) is 0 Å². The number of halogens is 3. The van der Waals surface area contributed by atoms with Crippen LogP contribution in [-0.2, 0) is 5.60 Å². The molecular formula is C18H24F3NO2. The highest BCUT2D eigenvalue weighted by Crippen LogP contribution is 2.42. The first kappa shape index (κ1) is 18.8. The number of carbonyl (C=O) groups is 1. The van der Waals surface area contributed by atoms with E-state index in [2.05, 4.69) is 0 Å². The van der Waals surface area contributed by atoms with E-state index in [1.807, 2.05) is 0 Å². The molecule has 24 heavy (non-hydrogen) atoms. The Morgan fingerprint density at radius 3 is 2.33 bits per heavy atom. The third-order valence-corrected chi connectivity index (χ3v) is 4.66. The van der Waals surface area contributed by atoms with Crippen molar-refractivity contribution in [2.24, 2.45) is 0 Å². The number of hydrogen-bond acceptors (Lipinski definition) is 2. The monoisotopic (exact) mass is 343 g/mol. The molecule has 1 unspecified atom stereocenters. The van der Waals surface area contributed by atoms with Crippen molar-refractivity contribution < 1.29 is 23.1 Å². The zero-order valence-corrected chi connectivity index (χ0v) is 14.1. The number of aryl methyl sites for hydroxylation is 1. The number of amides is 1. The van der Waals surface area contributed by atoms with E-state index in [0.29, 0.717) is 24.2 Å². The highest BCUT2D eigenvalue weighted by Gasteiger charge is 2.54. The quantitative estimate of drug-likeness (QED) is 0.891. The van der Waals surface area contributed by atoms with Gasteiger partial charge in [0, 0.05) is 18.7 Å². The topological polar surface area (TPSA) is 40.5 Å². The number of carbonyl (C=O) groups excluding carboxylic acids is 1. The fourth-order valence-electron chi connectivity index (χ4n) is 3.24. The molecule has 1 aromatic rings. The van der Waals surface area contributed by atoms with Gasteiger partial charge in [-0.15, -0.1) is 0 Å². The van der Waals surface area contributed by atoms with E-state index in [9.17, 15) is 23.1 Å². The molecule has 1 amide bonds. The second kappa shape index (κ2) is 7.13. The Balaban J connectivity index is 2.33. The highest BCUT2D eigenvalue weighted by molar-refractivity contribution is 5.95.